The summed E-state index contributed by atoms with van der Waals surface area (Å²) in [6, 6.07) is 2.48. The van der Waals surface area contributed by atoms with Gasteiger partial charge in [0.2, 0.25) is 0 Å². The number of aliphatic hydroxyl groups is 1. The van der Waals surface area contributed by atoms with Gasteiger partial charge in [-0.15, -0.1) is 0 Å². The molecular formula is C12H20N4O3. The van der Waals surface area contributed by atoms with E-state index in [1.54, 1.807) is 0 Å². The summed E-state index contributed by atoms with van der Waals surface area (Å²) in [4.78, 5) is 14.1. The normalized spacial score (nSPS) is 13.1. The quantitative estimate of drug-likeness (QED) is 0.554. The third-order valence-electron chi connectivity index (χ3n) is 2.41. The van der Waals surface area contributed by atoms with E-state index in [2.05, 4.69) is 10.3 Å². The van der Waals surface area contributed by atoms with Crippen LogP contribution in [0.25, 0.3) is 0 Å². The Labute approximate surface area is 112 Å². The van der Waals surface area contributed by atoms with Gasteiger partial charge in [0.25, 0.3) is 5.69 Å². The Kier molecular flexibility index (Phi) is 4.66. The Hall–Kier alpha value is -1.89. The lowest BCUT2D eigenvalue weighted by atomic mass is 9.89. The van der Waals surface area contributed by atoms with Crippen LogP contribution in [0.1, 0.15) is 27.2 Å². The summed E-state index contributed by atoms with van der Waals surface area (Å²) < 4.78 is 0. The Morgan fingerprint density at radius 1 is 1.53 bits per heavy atom. The molecule has 7 heteroatoms. The molecule has 0 amide bonds. The van der Waals surface area contributed by atoms with Gasteiger partial charge in [-0.2, -0.15) is 0 Å². The second-order valence-corrected chi connectivity index (χ2v) is 5.69. The van der Waals surface area contributed by atoms with E-state index in [1.165, 1.54) is 12.1 Å². The number of hydrogen-bond donors (Lipinski definition) is 3. The molecule has 0 aromatic carbocycles. The highest BCUT2D eigenvalue weighted by Crippen LogP contribution is 2.22. The van der Waals surface area contributed by atoms with E-state index in [0.717, 1.165) is 0 Å². The molecule has 0 aliphatic carbocycles. The molecule has 1 atom stereocenters. The topological polar surface area (TPSA) is 114 Å². The Bertz CT molecular complexity index is 457. The number of nitrogens with two attached hydrogens (primary N) is 1. The summed E-state index contributed by atoms with van der Waals surface area (Å²) >= 11 is 0. The van der Waals surface area contributed by atoms with E-state index in [0.29, 0.717) is 12.2 Å². The predicted molar refractivity (Wildman–Crippen MR) is 73.9 cm³/mol. The molecule has 1 aromatic rings. The number of rotatable bonds is 5. The Morgan fingerprint density at radius 3 is 2.68 bits per heavy atom. The van der Waals surface area contributed by atoms with E-state index in [1.807, 2.05) is 20.8 Å². The van der Waals surface area contributed by atoms with Crippen molar-refractivity contribution < 1.29 is 10.0 Å². The van der Waals surface area contributed by atoms with Crippen LogP contribution in [0.15, 0.2) is 12.1 Å². The highest BCUT2D eigenvalue weighted by atomic mass is 16.6. The van der Waals surface area contributed by atoms with Gasteiger partial charge < -0.3 is 16.2 Å². The van der Waals surface area contributed by atoms with Gasteiger partial charge in [0.05, 0.1) is 23.2 Å². The van der Waals surface area contributed by atoms with Gasteiger partial charge >= 0.3 is 0 Å². The van der Waals surface area contributed by atoms with Crippen molar-refractivity contribution in [1.29, 1.82) is 0 Å². The maximum atomic E-state index is 10.7. The molecule has 7 nitrogen and oxygen atoms in total. The van der Waals surface area contributed by atoms with Crippen molar-refractivity contribution in [2.24, 2.45) is 5.41 Å². The third-order valence-corrected chi connectivity index (χ3v) is 2.41. The van der Waals surface area contributed by atoms with E-state index < -0.39 is 11.0 Å². The number of hydrogen-bond acceptors (Lipinski definition) is 6. The average Bonchev–Trinajstić information content (AvgIpc) is 2.23. The first-order valence-corrected chi connectivity index (χ1v) is 6.01. The van der Waals surface area contributed by atoms with Crippen molar-refractivity contribution in [1.82, 2.24) is 4.98 Å². The van der Waals surface area contributed by atoms with Crippen LogP contribution in [0.2, 0.25) is 0 Å². The van der Waals surface area contributed by atoms with E-state index in [4.69, 9.17) is 5.73 Å². The minimum absolute atomic E-state index is 0.0102. The Morgan fingerprint density at radius 2 is 2.16 bits per heavy atom. The fraction of sp³-hybridized carbons (Fsp3) is 0.583. The van der Waals surface area contributed by atoms with Crippen LogP contribution in [-0.2, 0) is 0 Å². The number of nitro groups is 1. The molecule has 106 valence electrons. The Balaban J connectivity index is 2.65. The lowest BCUT2D eigenvalue weighted by Gasteiger charge is -2.22. The summed E-state index contributed by atoms with van der Waals surface area (Å²) in [5, 5.41) is 23.4. The average molecular weight is 268 g/mol. The van der Waals surface area contributed by atoms with E-state index in [-0.39, 0.29) is 23.5 Å². The fourth-order valence-electron chi connectivity index (χ4n) is 1.73. The summed E-state index contributed by atoms with van der Waals surface area (Å²) in [5.74, 6) is 0.363. The molecule has 1 rings (SSSR count). The molecule has 1 unspecified atom stereocenters. The van der Waals surface area contributed by atoms with Crippen LogP contribution in [0.5, 0.6) is 0 Å². The summed E-state index contributed by atoms with van der Waals surface area (Å²) in [6.07, 6.45) is 0.0620. The monoisotopic (exact) mass is 268 g/mol. The number of anilines is 2. The summed E-state index contributed by atoms with van der Waals surface area (Å²) in [5.41, 5.74) is 5.37. The molecule has 0 saturated heterocycles. The molecule has 1 heterocycles. The van der Waals surface area contributed by atoms with Crippen molar-refractivity contribution in [3.05, 3.63) is 22.2 Å². The van der Waals surface area contributed by atoms with Crippen molar-refractivity contribution >= 4 is 17.3 Å². The number of nitrogen functional groups attached to an aromatic ring is 1. The molecular weight excluding hydrogens is 248 g/mol. The first-order chi connectivity index (χ1) is 8.67. The minimum Gasteiger partial charge on any atom is -0.391 e. The predicted octanol–water partition coefficient (Wildman–Crippen LogP) is 1.78. The van der Waals surface area contributed by atoms with Crippen molar-refractivity contribution in [2.45, 2.75) is 33.3 Å². The summed E-state index contributed by atoms with van der Waals surface area (Å²) in [7, 11) is 0. The number of aromatic nitrogens is 1. The van der Waals surface area contributed by atoms with Gasteiger partial charge in [0.15, 0.2) is 0 Å². The first-order valence-electron chi connectivity index (χ1n) is 6.01. The molecule has 0 fully saturated rings. The zero-order valence-electron chi connectivity index (χ0n) is 11.4. The minimum atomic E-state index is -0.553. The lowest BCUT2D eigenvalue weighted by Crippen LogP contribution is -2.25. The second kappa shape index (κ2) is 5.83. The standard InChI is InChI=1S/C12H20N4O3/c1-12(2,3)6-9(17)7-14-11-5-8(16(18)19)4-10(13)15-11/h4-5,9,17H,6-7H2,1-3H3,(H3,13,14,15). The second-order valence-electron chi connectivity index (χ2n) is 5.69. The lowest BCUT2D eigenvalue weighted by molar-refractivity contribution is -0.384. The number of nitrogens with zero attached hydrogens (tertiary/aromatic N) is 2. The van der Waals surface area contributed by atoms with Crippen molar-refractivity contribution in [2.75, 3.05) is 17.6 Å². The molecule has 0 aliphatic heterocycles. The molecule has 19 heavy (non-hydrogen) atoms. The van der Waals surface area contributed by atoms with Crippen LogP contribution < -0.4 is 11.1 Å². The van der Waals surface area contributed by atoms with Crippen LogP contribution in [0, 0.1) is 15.5 Å². The number of pyridine rings is 1. The van der Waals surface area contributed by atoms with E-state index in [9.17, 15) is 15.2 Å². The van der Waals surface area contributed by atoms with Crippen molar-refractivity contribution in [3.63, 3.8) is 0 Å². The molecule has 0 saturated carbocycles. The molecule has 0 radical (unpaired) electrons. The van der Waals surface area contributed by atoms with Gasteiger partial charge in [-0.25, -0.2) is 4.98 Å². The third kappa shape index (κ3) is 5.52. The van der Waals surface area contributed by atoms with Gasteiger partial charge in [0.1, 0.15) is 11.6 Å². The molecule has 0 bridgehead atoms. The van der Waals surface area contributed by atoms with E-state index >= 15 is 0 Å². The van der Waals surface area contributed by atoms with Crippen molar-refractivity contribution in [3.8, 4) is 0 Å². The molecule has 0 spiro atoms. The van der Waals surface area contributed by atoms with Gasteiger partial charge in [-0.1, -0.05) is 20.8 Å². The smallest absolute Gasteiger partial charge is 0.276 e. The van der Waals surface area contributed by atoms with Crippen LogP contribution in [0.3, 0.4) is 0 Å². The largest absolute Gasteiger partial charge is 0.391 e. The highest BCUT2D eigenvalue weighted by molar-refractivity contribution is 5.52. The maximum absolute atomic E-state index is 10.7. The molecule has 4 N–H and O–H groups in total. The van der Waals surface area contributed by atoms with Crippen LogP contribution in [0.4, 0.5) is 17.3 Å². The zero-order chi connectivity index (χ0) is 14.6. The first kappa shape index (κ1) is 15.2. The SMILES string of the molecule is CC(C)(C)CC(O)CNc1cc([N+](=O)[O-])cc(N)n1. The van der Waals surface area contributed by atoms with Crippen LogP contribution in [-0.4, -0.2) is 27.7 Å². The fourth-order valence-corrected chi connectivity index (χ4v) is 1.73. The van der Waals surface area contributed by atoms with Crippen LogP contribution >= 0.6 is 0 Å². The number of aliphatic hydroxyl groups excluding tert-OH is 1. The molecule has 0 aliphatic rings. The zero-order valence-corrected chi connectivity index (χ0v) is 11.4. The maximum Gasteiger partial charge on any atom is 0.276 e. The molecule has 1 aromatic heterocycles. The highest BCUT2D eigenvalue weighted by Gasteiger charge is 2.17. The summed E-state index contributed by atoms with van der Waals surface area (Å²) in [6.45, 7) is 6.35. The number of nitrogens with one attached hydrogen (secondary N) is 1. The van der Waals surface area contributed by atoms with Gasteiger partial charge in [-0.05, 0) is 11.8 Å². The van der Waals surface area contributed by atoms with Gasteiger partial charge in [-0.3, -0.25) is 10.1 Å². The van der Waals surface area contributed by atoms with Gasteiger partial charge in [0, 0.05) is 6.54 Å².